The second-order valence-corrected chi connectivity index (χ2v) is 4.38. The molecule has 0 saturated heterocycles. The summed E-state index contributed by atoms with van der Waals surface area (Å²) in [5, 5.41) is 3.91. The lowest BCUT2D eigenvalue weighted by Gasteiger charge is -2.37. The summed E-state index contributed by atoms with van der Waals surface area (Å²) in [4.78, 5) is 2.22. The molecular weight excluding hydrogens is 180 g/mol. The minimum Gasteiger partial charge on any atom is -0.366 e. The molecule has 0 aromatic heterocycles. The van der Waals surface area contributed by atoms with Crippen LogP contribution in [-0.4, -0.2) is 30.1 Å². The molecule has 1 aliphatic rings. The molecule has 0 aromatic carbocycles. The van der Waals surface area contributed by atoms with E-state index in [1.807, 2.05) is 7.05 Å². The molecule has 0 bridgehead atoms. The molecule has 1 aliphatic carbocycles. The van der Waals surface area contributed by atoms with Crippen molar-refractivity contribution in [2.45, 2.75) is 38.6 Å². The van der Waals surface area contributed by atoms with Crippen LogP contribution in [0.25, 0.3) is 0 Å². The van der Waals surface area contributed by atoms with Crippen LogP contribution in [0, 0.1) is 5.92 Å². The Morgan fingerprint density at radius 2 is 2.00 bits per heavy atom. The molecular formula is C10H20N2S. The Labute approximate surface area is 86.7 Å². The molecule has 2 atom stereocenters. The lowest BCUT2D eigenvalue weighted by molar-refractivity contribution is 0.204. The average Bonchev–Trinajstić information content (AvgIpc) is 2.16. The van der Waals surface area contributed by atoms with E-state index in [0.29, 0.717) is 6.04 Å². The summed E-state index contributed by atoms with van der Waals surface area (Å²) >= 11 is 5.23. The molecule has 2 nitrogen and oxygen atoms in total. The molecule has 0 amide bonds. The highest BCUT2D eigenvalue weighted by atomic mass is 32.1. The van der Waals surface area contributed by atoms with E-state index in [0.717, 1.165) is 11.0 Å². The zero-order chi connectivity index (χ0) is 9.84. The summed E-state index contributed by atoms with van der Waals surface area (Å²) < 4.78 is 0. The highest BCUT2D eigenvalue weighted by molar-refractivity contribution is 7.80. The maximum absolute atomic E-state index is 5.23. The van der Waals surface area contributed by atoms with Crippen molar-refractivity contribution in [2.75, 3.05) is 14.1 Å². The van der Waals surface area contributed by atoms with Crippen molar-refractivity contribution < 1.29 is 0 Å². The average molecular weight is 200 g/mol. The van der Waals surface area contributed by atoms with Crippen LogP contribution >= 0.6 is 12.2 Å². The van der Waals surface area contributed by atoms with Crippen molar-refractivity contribution in [3.63, 3.8) is 0 Å². The van der Waals surface area contributed by atoms with Crippen LogP contribution in [-0.2, 0) is 0 Å². The minimum absolute atomic E-state index is 0.647. The normalized spacial score (nSPS) is 28.2. The molecule has 0 heterocycles. The third-order valence-corrected chi connectivity index (χ3v) is 3.59. The van der Waals surface area contributed by atoms with Crippen molar-refractivity contribution in [3.05, 3.63) is 0 Å². The summed E-state index contributed by atoms with van der Waals surface area (Å²) in [5.41, 5.74) is 0. The van der Waals surface area contributed by atoms with Crippen LogP contribution in [0.15, 0.2) is 0 Å². The first-order chi connectivity index (χ1) is 6.16. The Morgan fingerprint density at radius 3 is 2.54 bits per heavy atom. The van der Waals surface area contributed by atoms with E-state index in [9.17, 15) is 0 Å². The van der Waals surface area contributed by atoms with Crippen molar-refractivity contribution >= 4 is 17.3 Å². The summed E-state index contributed by atoms with van der Waals surface area (Å²) in [6.07, 6.45) is 5.38. The molecule has 3 heteroatoms. The fourth-order valence-electron chi connectivity index (χ4n) is 2.20. The smallest absolute Gasteiger partial charge is 0.168 e. The highest BCUT2D eigenvalue weighted by Gasteiger charge is 2.25. The minimum atomic E-state index is 0.647. The molecule has 0 aliphatic heterocycles. The molecule has 76 valence electrons. The first-order valence-electron chi connectivity index (χ1n) is 5.11. The van der Waals surface area contributed by atoms with Gasteiger partial charge in [-0.1, -0.05) is 19.8 Å². The molecule has 1 saturated carbocycles. The van der Waals surface area contributed by atoms with Crippen LogP contribution < -0.4 is 5.32 Å². The summed E-state index contributed by atoms with van der Waals surface area (Å²) in [7, 11) is 4.00. The fraction of sp³-hybridized carbons (Fsp3) is 0.900. The SMILES string of the molecule is CNC(=S)N(C)C1CCCCC1C. The Morgan fingerprint density at radius 1 is 1.38 bits per heavy atom. The van der Waals surface area contributed by atoms with Crippen LogP contribution in [0.4, 0.5) is 0 Å². The third kappa shape index (κ3) is 2.56. The monoisotopic (exact) mass is 200 g/mol. The number of hydrogen-bond acceptors (Lipinski definition) is 1. The van der Waals surface area contributed by atoms with Gasteiger partial charge in [-0.25, -0.2) is 0 Å². The lowest BCUT2D eigenvalue weighted by Crippen LogP contribution is -2.46. The van der Waals surface area contributed by atoms with E-state index < -0.39 is 0 Å². The van der Waals surface area contributed by atoms with Gasteiger partial charge in [0.25, 0.3) is 0 Å². The predicted octanol–water partition coefficient (Wildman–Crippen LogP) is 2.00. The quantitative estimate of drug-likeness (QED) is 0.652. The van der Waals surface area contributed by atoms with Gasteiger partial charge in [-0.2, -0.15) is 0 Å². The molecule has 1 N–H and O–H groups in total. The summed E-state index contributed by atoms with van der Waals surface area (Å²) in [6, 6.07) is 0.647. The Balaban J connectivity index is 2.53. The number of thiocarbonyl (C=S) groups is 1. The summed E-state index contributed by atoms with van der Waals surface area (Å²) in [5.74, 6) is 0.782. The standard InChI is InChI=1S/C10H20N2S/c1-8-6-4-5-7-9(8)12(3)10(13)11-2/h8-9H,4-7H2,1-3H3,(H,11,13). The van der Waals surface area contributed by atoms with Gasteiger partial charge in [0.2, 0.25) is 0 Å². The van der Waals surface area contributed by atoms with Crippen LogP contribution in [0.5, 0.6) is 0 Å². The Kier molecular flexibility index (Phi) is 3.97. The second-order valence-electron chi connectivity index (χ2n) is 4.00. The van der Waals surface area contributed by atoms with Crippen molar-refractivity contribution in [3.8, 4) is 0 Å². The molecule has 1 fully saturated rings. The topological polar surface area (TPSA) is 15.3 Å². The van der Waals surface area contributed by atoms with Crippen molar-refractivity contribution in [1.29, 1.82) is 0 Å². The second kappa shape index (κ2) is 4.80. The fourth-order valence-corrected chi connectivity index (χ4v) is 2.33. The van der Waals surface area contributed by atoms with Crippen molar-refractivity contribution in [1.82, 2.24) is 10.2 Å². The molecule has 0 aromatic rings. The van der Waals surface area contributed by atoms with Gasteiger partial charge in [0, 0.05) is 20.1 Å². The lowest BCUT2D eigenvalue weighted by atomic mass is 9.85. The van der Waals surface area contributed by atoms with Gasteiger partial charge < -0.3 is 10.2 Å². The van der Waals surface area contributed by atoms with Gasteiger partial charge in [0.15, 0.2) is 5.11 Å². The van der Waals surface area contributed by atoms with E-state index >= 15 is 0 Å². The molecule has 2 unspecified atom stereocenters. The first-order valence-corrected chi connectivity index (χ1v) is 5.52. The Hall–Kier alpha value is -0.310. The van der Waals surface area contributed by atoms with Gasteiger partial charge in [-0.3, -0.25) is 0 Å². The van der Waals surface area contributed by atoms with Crippen LogP contribution in [0.1, 0.15) is 32.6 Å². The van der Waals surface area contributed by atoms with E-state index in [4.69, 9.17) is 12.2 Å². The maximum atomic E-state index is 5.23. The van der Waals surface area contributed by atoms with E-state index in [2.05, 4.69) is 24.2 Å². The maximum Gasteiger partial charge on any atom is 0.168 e. The van der Waals surface area contributed by atoms with Gasteiger partial charge in [0.1, 0.15) is 0 Å². The van der Waals surface area contributed by atoms with Gasteiger partial charge in [0.05, 0.1) is 0 Å². The van der Waals surface area contributed by atoms with Crippen LogP contribution in [0.3, 0.4) is 0 Å². The number of rotatable bonds is 1. The van der Waals surface area contributed by atoms with Gasteiger partial charge in [-0.15, -0.1) is 0 Å². The van der Waals surface area contributed by atoms with Crippen LogP contribution in [0.2, 0.25) is 0 Å². The van der Waals surface area contributed by atoms with E-state index in [1.54, 1.807) is 0 Å². The summed E-state index contributed by atoms with van der Waals surface area (Å²) in [6.45, 7) is 2.33. The molecule has 1 rings (SSSR count). The number of nitrogens with zero attached hydrogens (tertiary/aromatic N) is 1. The molecule has 0 radical (unpaired) electrons. The van der Waals surface area contributed by atoms with E-state index in [-0.39, 0.29) is 0 Å². The third-order valence-electron chi connectivity index (χ3n) is 3.10. The largest absolute Gasteiger partial charge is 0.366 e. The van der Waals surface area contributed by atoms with Crippen molar-refractivity contribution in [2.24, 2.45) is 5.92 Å². The predicted molar refractivity (Wildman–Crippen MR) is 60.8 cm³/mol. The van der Waals surface area contributed by atoms with Gasteiger partial charge >= 0.3 is 0 Å². The van der Waals surface area contributed by atoms with E-state index in [1.165, 1.54) is 25.7 Å². The number of hydrogen-bond donors (Lipinski definition) is 1. The molecule has 13 heavy (non-hydrogen) atoms. The first kappa shape index (κ1) is 10.8. The zero-order valence-corrected chi connectivity index (χ0v) is 9.66. The zero-order valence-electron chi connectivity index (χ0n) is 8.84. The number of nitrogens with one attached hydrogen (secondary N) is 1. The molecule has 0 spiro atoms. The van der Waals surface area contributed by atoms with Gasteiger partial charge in [-0.05, 0) is 31.0 Å². The highest BCUT2D eigenvalue weighted by Crippen LogP contribution is 2.27. The Bertz CT molecular complexity index is 182.